The number of carbonyl (C=O) groups excluding carboxylic acids is 2. The van der Waals surface area contributed by atoms with Crippen molar-refractivity contribution >= 4 is 22.8 Å². The lowest BCUT2D eigenvalue weighted by molar-refractivity contribution is 0.0669. The number of imide groups is 1. The summed E-state index contributed by atoms with van der Waals surface area (Å²) in [4.78, 5) is 30.3. The van der Waals surface area contributed by atoms with Crippen molar-refractivity contribution in [3.63, 3.8) is 0 Å². The summed E-state index contributed by atoms with van der Waals surface area (Å²) in [6.07, 6.45) is 6.03. The third-order valence-corrected chi connectivity index (χ3v) is 3.56. The summed E-state index contributed by atoms with van der Waals surface area (Å²) >= 11 is 0. The van der Waals surface area contributed by atoms with Crippen molar-refractivity contribution in [3.05, 3.63) is 60.2 Å². The van der Waals surface area contributed by atoms with Gasteiger partial charge in [-0.15, -0.1) is 0 Å². The number of allylic oxidation sites excluding steroid dienone is 1. The van der Waals surface area contributed by atoms with Crippen LogP contribution in [-0.4, -0.2) is 45.6 Å². The Hall–Kier alpha value is -3.22. The lowest BCUT2D eigenvalue weighted by Gasteiger charge is -2.14. The minimum Gasteiger partial charge on any atom is -0.497 e. The topological polar surface area (TPSA) is 88.2 Å². The van der Waals surface area contributed by atoms with Gasteiger partial charge in [-0.2, -0.15) is 5.10 Å². The molecule has 0 aromatic carbocycles. The summed E-state index contributed by atoms with van der Waals surface area (Å²) < 4.78 is 5.07. The normalized spacial score (nSPS) is 14.3. The van der Waals surface area contributed by atoms with E-state index >= 15 is 0 Å². The summed E-state index contributed by atoms with van der Waals surface area (Å²) in [5.74, 6) is -0.274. The third-order valence-electron chi connectivity index (χ3n) is 3.56. The van der Waals surface area contributed by atoms with Crippen LogP contribution in [0.15, 0.2) is 49.0 Å². The van der Waals surface area contributed by atoms with E-state index in [2.05, 4.69) is 28.3 Å². The maximum absolute atomic E-state index is 12.6. The van der Waals surface area contributed by atoms with Crippen LogP contribution in [0.3, 0.4) is 0 Å². The standard InChI is InChI=1S/C16H14N4O3/c1-4-10(23-3)5-9(2)8-20-15(21)12-6-17-14-11(7-18-19-14)13(12)16(20)22/h4-7H,1-2,8H2,3H3,(H,17,18,19)/b10-5+. The summed E-state index contributed by atoms with van der Waals surface area (Å²) in [6, 6.07) is 0. The van der Waals surface area contributed by atoms with Gasteiger partial charge in [0.05, 0.1) is 36.4 Å². The number of hydrogen-bond donors (Lipinski definition) is 1. The number of pyridine rings is 1. The van der Waals surface area contributed by atoms with Gasteiger partial charge in [0.1, 0.15) is 5.76 Å². The Kier molecular flexibility index (Phi) is 3.53. The monoisotopic (exact) mass is 310 g/mol. The number of amides is 2. The summed E-state index contributed by atoms with van der Waals surface area (Å²) in [5, 5.41) is 7.08. The van der Waals surface area contributed by atoms with Crippen LogP contribution in [0.5, 0.6) is 0 Å². The quantitative estimate of drug-likeness (QED) is 0.517. The van der Waals surface area contributed by atoms with Gasteiger partial charge in [-0.1, -0.05) is 13.2 Å². The number of fused-ring (bicyclic) bond motifs is 3. The number of hydrogen-bond acceptors (Lipinski definition) is 5. The van der Waals surface area contributed by atoms with Crippen LogP contribution in [-0.2, 0) is 4.74 Å². The highest BCUT2D eigenvalue weighted by atomic mass is 16.5. The van der Waals surface area contributed by atoms with Crippen LogP contribution in [0, 0.1) is 0 Å². The number of H-pyrrole nitrogens is 1. The van der Waals surface area contributed by atoms with Crippen molar-refractivity contribution in [2.75, 3.05) is 13.7 Å². The zero-order valence-electron chi connectivity index (χ0n) is 12.5. The van der Waals surface area contributed by atoms with Crippen LogP contribution in [0.4, 0.5) is 0 Å². The molecule has 7 nitrogen and oxygen atoms in total. The second-order valence-corrected chi connectivity index (χ2v) is 4.99. The molecule has 3 rings (SSSR count). The van der Waals surface area contributed by atoms with Gasteiger partial charge in [-0.3, -0.25) is 19.6 Å². The molecule has 0 bridgehead atoms. The number of ether oxygens (including phenoxy) is 1. The Morgan fingerprint density at radius 3 is 2.87 bits per heavy atom. The molecule has 2 amide bonds. The fourth-order valence-electron chi connectivity index (χ4n) is 2.46. The molecular weight excluding hydrogens is 296 g/mol. The Bertz CT molecular complexity index is 879. The molecule has 0 aliphatic carbocycles. The van der Waals surface area contributed by atoms with Gasteiger partial charge in [0.15, 0.2) is 5.65 Å². The Balaban J connectivity index is 1.93. The van der Waals surface area contributed by atoms with Gasteiger partial charge >= 0.3 is 0 Å². The van der Waals surface area contributed by atoms with Crippen LogP contribution in [0.25, 0.3) is 11.0 Å². The molecule has 3 heterocycles. The van der Waals surface area contributed by atoms with Crippen molar-refractivity contribution in [3.8, 4) is 0 Å². The lowest BCUT2D eigenvalue weighted by atomic mass is 10.1. The molecule has 1 aliphatic rings. The predicted molar refractivity (Wildman–Crippen MR) is 83.7 cm³/mol. The van der Waals surface area contributed by atoms with E-state index in [9.17, 15) is 9.59 Å². The van der Waals surface area contributed by atoms with Crippen molar-refractivity contribution in [2.45, 2.75) is 0 Å². The minimum absolute atomic E-state index is 0.0619. The highest BCUT2D eigenvalue weighted by Gasteiger charge is 2.37. The Morgan fingerprint density at radius 1 is 1.39 bits per heavy atom. The first-order valence-corrected chi connectivity index (χ1v) is 6.81. The molecular formula is C16H14N4O3. The van der Waals surface area contributed by atoms with Gasteiger partial charge in [-0.25, -0.2) is 4.98 Å². The SMILES string of the molecule is C=C/C(=C\C(=C)CN1C(=O)c2cnc3[nH]ncc3c2C1=O)OC. The second kappa shape index (κ2) is 5.53. The van der Waals surface area contributed by atoms with E-state index in [1.54, 1.807) is 6.08 Å². The molecule has 0 radical (unpaired) electrons. The Morgan fingerprint density at radius 2 is 2.17 bits per heavy atom. The Labute approximate surface area is 132 Å². The van der Waals surface area contributed by atoms with Gasteiger partial charge in [0, 0.05) is 6.20 Å². The van der Waals surface area contributed by atoms with Crippen LogP contribution >= 0.6 is 0 Å². The maximum atomic E-state index is 12.6. The van der Waals surface area contributed by atoms with Crippen molar-refractivity contribution in [2.24, 2.45) is 0 Å². The van der Waals surface area contributed by atoms with E-state index in [0.29, 0.717) is 27.9 Å². The number of rotatable bonds is 5. The van der Waals surface area contributed by atoms with Crippen LogP contribution in [0.1, 0.15) is 20.7 Å². The van der Waals surface area contributed by atoms with Crippen molar-refractivity contribution in [1.82, 2.24) is 20.1 Å². The van der Waals surface area contributed by atoms with Crippen molar-refractivity contribution in [1.29, 1.82) is 0 Å². The summed E-state index contributed by atoms with van der Waals surface area (Å²) in [7, 11) is 1.50. The molecule has 0 saturated carbocycles. The molecule has 1 N–H and O–H groups in total. The fraction of sp³-hybridized carbons (Fsp3) is 0.125. The molecule has 0 unspecified atom stereocenters. The van der Waals surface area contributed by atoms with E-state index < -0.39 is 5.91 Å². The molecule has 0 fully saturated rings. The average molecular weight is 310 g/mol. The van der Waals surface area contributed by atoms with E-state index in [0.717, 1.165) is 4.90 Å². The first kappa shape index (κ1) is 14.7. The first-order chi connectivity index (χ1) is 11.1. The number of aromatic amines is 1. The van der Waals surface area contributed by atoms with Gasteiger partial charge in [0.25, 0.3) is 11.8 Å². The highest BCUT2D eigenvalue weighted by Crippen LogP contribution is 2.28. The zero-order chi connectivity index (χ0) is 16.6. The second-order valence-electron chi connectivity index (χ2n) is 4.99. The molecule has 2 aromatic rings. The lowest BCUT2D eigenvalue weighted by Crippen LogP contribution is -2.31. The van der Waals surface area contributed by atoms with Crippen LogP contribution in [0.2, 0.25) is 0 Å². The summed E-state index contributed by atoms with van der Waals surface area (Å²) in [6.45, 7) is 7.52. The van der Waals surface area contributed by atoms with Gasteiger partial charge in [-0.05, 0) is 17.7 Å². The molecule has 116 valence electrons. The molecule has 0 saturated heterocycles. The van der Waals surface area contributed by atoms with Crippen LogP contribution < -0.4 is 0 Å². The molecule has 0 spiro atoms. The number of carbonyl (C=O) groups is 2. The fourth-order valence-corrected chi connectivity index (χ4v) is 2.46. The van der Waals surface area contributed by atoms with Gasteiger partial charge < -0.3 is 4.74 Å². The first-order valence-electron chi connectivity index (χ1n) is 6.81. The number of aromatic nitrogens is 3. The minimum atomic E-state index is -0.396. The molecule has 0 atom stereocenters. The van der Waals surface area contributed by atoms with E-state index in [1.165, 1.54) is 25.6 Å². The average Bonchev–Trinajstić information content (AvgIpc) is 3.11. The van der Waals surface area contributed by atoms with E-state index in [-0.39, 0.29) is 18.0 Å². The molecule has 1 aliphatic heterocycles. The van der Waals surface area contributed by atoms with Gasteiger partial charge in [0.2, 0.25) is 0 Å². The van der Waals surface area contributed by atoms with Crippen molar-refractivity contribution < 1.29 is 14.3 Å². The smallest absolute Gasteiger partial charge is 0.263 e. The largest absolute Gasteiger partial charge is 0.497 e. The number of nitrogens with one attached hydrogen (secondary N) is 1. The molecule has 2 aromatic heterocycles. The summed E-state index contributed by atoms with van der Waals surface area (Å²) in [5.41, 5.74) is 1.61. The maximum Gasteiger partial charge on any atom is 0.263 e. The highest BCUT2D eigenvalue weighted by molar-refractivity contribution is 6.25. The molecule has 7 heteroatoms. The number of nitrogens with zero attached hydrogens (tertiary/aromatic N) is 3. The molecule has 23 heavy (non-hydrogen) atoms. The zero-order valence-corrected chi connectivity index (χ0v) is 12.5. The predicted octanol–water partition coefficient (Wildman–Crippen LogP) is 1.83. The number of methoxy groups -OCH3 is 1. The third kappa shape index (κ3) is 2.32. The van der Waals surface area contributed by atoms with E-state index in [1.807, 2.05) is 0 Å². The van der Waals surface area contributed by atoms with E-state index in [4.69, 9.17) is 4.74 Å².